The Labute approximate surface area is 242 Å². The topological polar surface area (TPSA) is 60.2 Å². The second kappa shape index (κ2) is 11.4. The van der Waals surface area contributed by atoms with Crippen LogP contribution in [0.3, 0.4) is 0 Å². The minimum absolute atomic E-state index is 0.0227. The largest absolute Gasteiger partial charge is 0.415 e. The van der Waals surface area contributed by atoms with Crippen molar-refractivity contribution < 1.29 is 9.22 Å². The molecule has 2 aromatic carbocycles. The van der Waals surface area contributed by atoms with Gasteiger partial charge in [0.1, 0.15) is 22.2 Å². The Hall–Kier alpha value is -2.71. The highest BCUT2D eigenvalue weighted by Gasteiger charge is 2.37. The molecule has 0 aliphatic carbocycles. The maximum Gasteiger partial charge on any atom is 0.264 e. The molecule has 0 saturated heterocycles. The number of aromatic nitrogens is 3. The van der Waals surface area contributed by atoms with Crippen LogP contribution in [0.1, 0.15) is 56.5 Å². The quantitative estimate of drug-likeness (QED) is 0.154. The summed E-state index contributed by atoms with van der Waals surface area (Å²) >= 11 is 12.7. The van der Waals surface area contributed by atoms with Crippen molar-refractivity contribution in [2.24, 2.45) is 0 Å². The van der Waals surface area contributed by atoms with Gasteiger partial charge in [0.05, 0.1) is 12.1 Å². The first kappa shape index (κ1) is 29.3. The predicted octanol–water partition coefficient (Wildman–Crippen LogP) is 8.52. The van der Waals surface area contributed by atoms with Crippen LogP contribution in [0, 0.1) is 0 Å². The van der Waals surface area contributed by atoms with E-state index in [4.69, 9.17) is 27.6 Å². The number of carbonyl (C=O) groups excluding carboxylic acids is 1. The molecule has 4 aromatic rings. The van der Waals surface area contributed by atoms with E-state index in [0.29, 0.717) is 13.2 Å². The van der Waals surface area contributed by atoms with E-state index >= 15 is 0 Å². The van der Waals surface area contributed by atoms with Crippen molar-refractivity contribution in [1.29, 1.82) is 0 Å². The molecule has 39 heavy (non-hydrogen) atoms. The number of rotatable bonds is 8. The third-order valence-corrected chi connectivity index (χ3v) is 12.7. The molecule has 0 saturated carbocycles. The van der Waals surface area contributed by atoms with Gasteiger partial charge in [0.25, 0.3) is 5.91 Å². The van der Waals surface area contributed by atoms with Crippen molar-refractivity contribution >= 4 is 54.0 Å². The summed E-state index contributed by atoms with van der Waals surface area (Å²) in [6, 6.07) is 16.3. The summed E-state index contributed by atoms with van der Waals surface area (Å²) in [5.41, 5.74) is 4.16. The normalized spacial score (nSPS) is 12.4. The lowest BCUT2D eigenvalue weighted by Crippen LogP contribution is -2.43. The third kappa shape index (κ3) is 6.07. The molecule has 2 aromatic heterocycles. The van der Waals surface area contributed by atoms with Crippen LogP contribution in [0.5, 0.6) is 0 Å². The highest BCUT2D eigenvalue weighted by Crippen LogP contribution is 2.37. The average Bonchev–Trinajstić information content (AvgIpc) is 3.25. The van der Waals surface area contributed by atoms with Gasteiger partial charge < -0.3 is 13.9 Å². The first-order valence-corrected chi connectivity index (χ1v) is 16.8. The van der Waals surface area contributed by atoms with Gasteiger partial charge in [-0.05, 0) is 59.9 Å². The minimum Gasteiger partial charge on any atom is -0.415 e. The van der Waals surface area contributed by atoms with Crippen molar-refractivity contribution in [2.75, 3.05) is 18.1 Å². The minimum atomic E-state index is -2.03. The molecule has 0 aliphatic rings. The van der Waals surface area contributed by atoms with Gasteiger partial charge in [0.2, 0.25) is 0 Å². The van der Waals surface area contributed by atoms with Gasteiger partial charge in [-0.2, -0.15) is 0 Å². The molecule has 0 spiro atoms. The molecule has 0 N–H and O–H groups in total. The molecular formula is C30H36Cl2N4O2Si. The van der Waals surface area contributed by atoms with E-state index in [2.05, 4.69) is 92.7 Å². The van der Waals surface area contributed by atoms with Crippen LogP contribution in [-0.2, 0) is 4.43 Å². The number of anilines is 1. The highest BCUT2D eigenvalue weighted by atomic mass is 35.5. The van der Waals surface area contributed by atoms with Crippen molar-refractivity contribution in [3.63, 3.8) is 0 Å². The Bertz CT molecular complexity index is 1460. The molecule has 6 nitrogen and oxygen atoms in total. The Morgan fingerprint density at radius 1 is 1.05 bits per heavy atom. The van der Waals surface area contributed by atoms with Gasteiger partial charge in [0.15, 0.2) is 8.32 Å². The Kier molecular flexibility index (Phi) is 8.57. The van der Waals surface area contributed by atoms with Crippen molar-refractivity contribution in [3.05, 3.63) is 82.5 Å². The summed E-state index contributed by atoms with van der Waals surface area (Å²) in [7, 11) is -2.03. The Balaban J connectivity index is 1.80. The first-order valence-electron chi connectivity index (χ1n) is 13.1. The second-order valence-electron chi connectivity index (χ2n) is 11.5. The molecule has 0 bridgehead atoms. The number of hydrogen-bond acceptors (Lipinski definition) is 4. The van der Waals surface area contributed by atoms with Gasteiger partial charge in [-0.1, -0.05) is 76.0 Å². The van der Waals surface area contributed by atoms with Gasteiger partial charge in [0, 0.05) is 29.5 Å². The summed E-state index contributed by atoms with van der Waals surface area (Å²) in [6.45, 7) is 16.0. The SMILES string of the molecule is CC(C)c1cn(-c2ccccc2)c2ccc(N(CCO[Si](C)(C)C(C)(C)C)C(=O)c3c(Cl)ncnc3Cl)cc12. The average molecular weight is 584 g/mol. The van der Waals surface area contributed by atoms with Gasteiger partial charge in [-0.25, -0.2) is 9.97 Å². The zero-order chi connectivity index (χ0) is 28.5. The van der Waals surface area contributed by atoms with E-state index in [1.807, 2.05) is 24.3 Å². The number of amides is 1. The van der Waals surface area contributed by atoms with E-state index in [1.54, 1.807) is 4.90 Å². The van der Waals surface area contributed by atoms with Crippen LogP contribution in [0.15, 0.2) is 61.1 Å². The van der Waals surface area contributed by atoms with E-state index in [-0.39, 0.29) is 32.7 Å². The van der Waals surface area contributed by atoms with Crippen molar-refractivity contribution in [3.8, 4) is 5.69 Å². The summed E-state index contributed by atoms with van der Waals surface area (Å²) < 4.78 is 8.64. The lowest BCUT2D eigenvalue weighted by molar-refractivity contribution is 0.0981. The van der Waals surface area contributed by atoms with Crippen molar-refractivity contribution in [1.82, 2.24) is 14.5 Å². The predicted molar refractivity (Wildman–Crippen MR) is 164 cm³/mol. The van der Waals surface area contributed by atoms with Crippen LogP contribution in [0.2, 0.25) is 28.4 Å². The van der Waals surface area contributed by atoms with Crippen LogP contribution in [0.4, 0.5) is 5.69 Å². The van der Waals surface area contributed by atoms with Crippen LogP contribution >= 0.6 is 23.2 Å². The molecule has 206 valence electrons. The van der Waals surface area contributed by atoms with Crippen LogP contribution in [-0.4, -0.2) is 41.9 Å². The van der Waals surface area contributed by atoms with Crippen LogP contribution in [0.25, 0.3) is 16.6 Å². The number of para-hydroxylation sites is 1. The molecule has 9 heteroatoms. The molecule has 0 aliphatic heterocycles. The Morgan fingerprint density at radius 2 is 1.69 bits per heavy atom. The van der Waals surface area contributed by atoms with E-state index in [1.165, 1.54) is 11.9 Å². The molecule has 2 heterocycles. The maximum atomic E-state index is 13.9. The molecule has 4 rings (SSSR count). The zero-order valence-corrected chi connectivity index (χ0v) is 26.1. The van der Waals surface area contributed by atoms with Crippen molar-refractivity contribution in [2.45, 2.75) is 58.7 Å². The summed E-state index contributed by atoms with van der Waals surface area (Å²) in [5, 5.41) is 1.17. The standard InChI is InChI=1S/C30H36Cl2N4O2Si/c1-20(2)24-18-36(21-11-9-8-10-12-21)25-14-13-22(17-23(24)25)35(15-16-38-39(6,7)30(3,4)5)29(37)26-27(31)33-19-34-28(26)32/h8-14,17-20H,15-16H2,1-7H3. The van der Waals surface area contributed by atoms with E-state index < -0.39 is 8.32 Å². The second-order valence-corrected chi connectivity index (χ2v) is 17.1. The monoisotopic (exact) mass is 582 g/mol. The number of hydrogen-bond donors (Lipinski definition) is 0. The molecular weight excluding hydrogens is 547 g/mol. The molecule has 1 amide bonds. The fraction of sp³-hybridized carbons (Fsp3) is 0.367. The van der Waals surface area contributed by atoms with Crippen LogP contribution < -0.4 is 4.90 Å². The van der Waals surface area contributed by atoms with Gasteiger partial charge >= 0.3 is 0 Å². The molecule has 0 atom stereocenters. The summed E-state index contributed by atoms with van der Waals surface area (Å²) in [5.74, 6) is -0.0810. The number of nitrogens with zero attached hydrogens (tertiary/aromatic N) is 4. The van der Waals surface area contributed by atoms with Gasteiger partial charge in [-0.3, -0.25) is 4.79 Å². The number of fused-ring (bicyclic) bond motifs is 1. The number of benzene rings is 2. The molecule has 0 radical (unpaired) electrons. The number of carbonyl (C=O) groups is 1. The molecule has 0 unspecified atom stereocenters. The summed E-state index contributed by atoms with van der Waals surface area (Å²) in [6.07, 6.45) is 3.43. The smallest absolute Gasteiger partial charge is 0.264 e. The lowest BCUT2D eigenvalue weighted by atomic mass is 10.0. The molecule has 0 fully saturated rings. The fourth-order valence-electron chi connectivity index (χ4n) is 4.29. The van der Waals surface area contributed by atoms with E-state index in [0.717, 1.165) is 22.3 Å². The third-order valence-electron chi connectivity index (χ3n) is 7.58. The summed E-state index contributed by atoms with van der Waals surface area (Å²) in [4.78, 5) is 23.6. The number of halogens is 2. The zero-order valence-electron chi connectivity index (χ0n) is 23.6. The lowest BCUT2D eigenvalue weighted by Gasteiger charge is -2.37. The van der Waals surface area contributed by atoms with E-state index in [9.17, 15) is 4.79 Å². The maximum absolute atomic E-state index is 13.9. The highest BCUT2D eigenvalue weighted by molar-refractivity contribution is 6.74. The van der Waals surface area contributed by atoms with Gasteiger partial charge in [-0.15, -0.1) is 0 Å². The Morgan fingerprint density at radius 3 is 2.28 bits per heavy atom. The first-order chi connectivity index (χ1) is 18.3. The fourth-order valence-corrected chi connectivity index (χ4v) is 5.80.